The number of nitrogens with zero attached hydrogens (tertiary/aromatic N) is 1. The third kappa shape index (κ3) is 6.24. The SMILES string of the molecule is C1=CC2=CC=CC(c3cc(-c4ccc(-c5ccc6cc(-c7ccc(-n8c9ccccc9c9ccccc98)cc7)ccc6c5)cc4)cc(-c4cccc5c4C=CCC5)c3)[C@@H]2C=C1. The first kappa shape index (κ1) is 35.5. The minimum Gasteiger partial charge on any atom is -0.309 e. The lowest BCUT2D eigenvalue weighted by Gasteiger charge is -2.29. The van der Waals surface area contributed by atoms with Gasteiger partial charge in [-0.15, -0.1) is 0 Å². The molecule has 2 atom stereocenters. The summed E-state index contributed by atoms with van der Waals surface area (Å²) in [6.07, 6.45) is 22.7. The summed E-state index contributed by atoms with van der Waals surface area (Å²) >= 11 is 0. The normalized spacial score (nSPS) is 16.6. The number of fused-ring (bicyclic) bond motifs is 6. The van der Waals surface area contributed by atoms with Crippen molar-refractivity contribution in [1.29, 1.82) is 0 Å². The zero-order valence-electron chi connectivity index (χ0n) is 33.9. The summed E-state index contributed by atoms with van der Waals surface area (Å²) in [6, 6.07) is 63.4. The van der Waals surface area contributed by atoms with Crippen LogP contribution in [-0.4, -0.2) is 4.57 Å². The molecule has 1 nitrogen and oxygen atoms in total. The van der Waals surface area contributed by atoms with E-state index < -0.39 is 0 Å². The molecule has 0 saturated heterocycles. The topological polar surface area (TPSA) is 4.93 Å². The van der Waals surface area contributed by atoms with Crippen molar-refractivity contribution < 1.29 is 0 Å². The molecule has 9 aromatic rings. The van der Waals surface area contributed by atoms with Gasteiger partial charge in [-0.3, -0.25) is 0 Å². The molecule has 3 aliphatic carbocycles. The molecule has 0 bridgehead atoms. The number of allylic oxidation sites excluding steroid dienone is 9. The van der Waals surface area contributed by atoms with Gasteiger partial charge in [-0.1, -0.05) is 182 Å². The summed E-state index contributed by atoms with van der Waals surface area (Å²) in [5, 5.41) is 5.05. The highest BCUT2D eigenvalue weighted by molar-refractivity contribution is 6.09. The van der Waals surface area contributed by atoms with E-state index in [-0.39, 0.29) is 5.92 Å². The predicted molar refractivity (Wildman–Crippen MR) is 259 cm³/mol. The molecule has 288 valence electrons. The van der Waals surface area contributed by atoms with Crippen LogP contribution in [0.5, 0.6) is 0 Å². The fourth-order valence-corrected chi connectivity index (χ4v) is 10.1. The van der Waals surface area contributed by atoms with Crippen molar-refractivity contribution >= 4 is 38.7 Å². The molecule has 1 aromatic heterocycles. The molecule has 0 aliphatic heterocycles. The zero-order chi connectivity index (χ0) is 40.3. The highest BCUT2D eigenvalue weighted by Crippen LogP contribution is 2.42. The van der Waals surface area contributed by atoms with E-state index in [1.807, 2.05) is 0 Å². The second kappa shape index (κ2) is 14.7. The maximum Gasteiger partial charge on any atom is 0.0541 e. The first-order valence-electron chi connectivity index (χ1n) is 21.6. The van der Waals surface area contributed by atoms with Gasteiger partial charge in [0.25, 0.3) is 0 Å². The molecule has 8 aromatic carbocycles. The fraction of sp³-hybridized carbons (Fsp3) is 0.0667. The molecule has 0 saturated carbocycles. The van der Waals surface area contributed by atoms with E-state index >= 15 is 0 Å². The Balaban J connectivity index is 0.849. The van der Waals surface area contributed by atoms with Crippen LogP contribution < -0.4 is 0 Å². The Morgan fingerprint density at radius 2 is 1.07 bits per heavy atom. The first-order valence-corrected chi connectivity index (χ1v) is 21.6. The maximum atomic E-state index is 2.45. The maximum absolute atomic E-state index is 2.45. The average molecular weight is 778 g/mol. The smallest absolute Gasteiger partial charge is 0.0541 e. The highest BCUT2D eigenvalue weighted by Gasteiger charge is 2.26. The number of hydrogen-bond acceptors (Lipinski definition) is 0. The van der Waals surface area contributed by atoms with Gasteiger partial charge in [0.2, 0.25) is 0 Å². The Bertz CT molecular complexity index is 3290. The Kier molecular flexibility index (Phi) is 8.52. The molecule has 1 unspecified atom stereocenters. The molecular weight excluding hydrogens is 735 g/mol. The van der Waals surface area contributed by atoms with Crippen molar-refractivity contribution in [3.8, 4) is 50.2 Å². The summed E-state index contributed by atoms with van der Waals surface area (Å²) in [6.45, 7) is 0. The van der Waals surface area contributed by atoms with Crippen LogP contribution in [0.1, 0.15) is 29.0 Å². The van der Waals surface area contributed by atoms with Gasteiger partial charge in [0.1, 0.15) is 0 Å². The average Bonchev–Trinajstić information content (AvgIpc) is 3.67. The van der Waals surface area contributed by atoms with Crippen LogP contribution in [0.4, 0.5) is 0 Å². The molecule has 0 amide bonds. The van der Waals surface area contributed by atoms with Crippen molar-refractivity contribution in [2.24, 2.45) is 5.92 Å². The predicted octanol–water partition coefficient (Wildman–Crippen LogP) is 15.9. The van der Waals surface area contributed by atoms with Gasteiger partial charge in [-0.05, 0) is 133 Å². The summed E-state index contributed by atoms with van der Waals surface area (Å²) in [5.74, 6) is 0.616. The second-order valence-corrected chi connectivity index (χ2v) is 16.8. The van der Waals surface area contributed by atoms with E-state index in [4.69, 9.17) is 0 Å². The van der Waals surface area contributed by atoms with E-state index in [9.17, 15) is 0 Å². The van der Waals surface area contributed by atoms with Crippen LogP contribution in [0.3, 0.4) is 0 Å². The molecule has 0 spiro atoms. The van der Waals surface area contributed by atoms with Gasteiger partial charge in [-0.2, -0.15) is 0 Å². The standard InChI is InChI=1S/C60H43N/c1-3-15-53-43(11-1)13-9-19-55(53)50-37-49(38-51(39-50)56-20-10-14-44-12-2-4-16-54(44)56)42-25-23-40(24-26-42)45-27-29-48-36-46(28-30-47(48)35-45)41-31-33-52(34-32-41)61-59-21-7-5-17-57(59)58-18-6-8-22-60(58)61/h1,3-11,13-39,53,55H,2,12H2/t53-,55?/m1/s1. The summed E-state index contributed by atoms with van der Waals surface area (Å²) in [5.41, 5.74) is 19.1. The van der Waals surface area contributed by atoms with Crippen LogP contribution in [0, 0.1) is 5.92 Å². The zero-order valence-corrected chi connectivity index (χ0v) is 33.9. The van der Waals surface area contributed by atoms with Crippen molar-refractivity contribution in [3.63, 3.8) is 0 Å². The Morgan fingerprint density at radius 1 is 0.443 bits per heavy atom. The lowest BCUT2D eigenvalue weighted by atomic mass is 9.75. The van der Waals surface area contributed by atoms with E-state index in [1.54, 1.807) is 0 Å². The van der Waals surface area contributed by atoms with Crippen molar-refractivity contribution in [2.45, 2.75) is 18.8 Å². The second-order valence-electron chi connectivity index (χ2n) is 16.8. The van der Waals surface area contributed by atoms with Crippen molar-refractivity contribution in [2.75, 3.05) is 0 Å². The van der Waals surface area contributed by atoms with Gasteiger partial charge in [0.05, 0.1) is 11.0 Å². The van der Waals surface area contributed by atoms with Crippen molar-refractivity contribution in [3.05, 3.63) is 241 Å². The Labute approximate surface area is 357 Å². The number of rotatable bonds is 6. The third-order valence-corrected chi connectivity index (χ3v) is 13.2. The van der Waals surface area contributed by atoms with Crippen molar-refractivity contribution in [1.82, 2.24) is 4.57 Å². The quantitative estimate of drug-likeness (QED) is 0.158. The summed E-state index contributed by atoms with van der Waals surface area (Å²) < 4.78 is 2.37. The van der Waals surface area contributed by atoms with Crippen LogP contribution in [0.25, 0.3) is 88.8 Å². The van der Waals surface area contributed by atoms with Crippen LogP contribution in [0.2, 0.25) is 0 Å². The Morgan fingerprint density at radius 3 is 1.79 bits per heavy atom. The van der Waals surface area contributed by atoms with Gasteiger partial charge in [0.15, 0.2) is 0 Å². The highest BCUT2D eigenvalue weighted by atomic mass is 15.0. The number of aryl methyl sites for hydroxylation is 1. The van der Waals surface area contributed by atoms with Crippen LogP contribution in [-0.2, 0) is 6.42 Å². The van der Waals surface area contributed by atoms with Gasteiger partial charge in [0, 0.05) is 28.3 Å². The van der Waals surface area contributed by atoms with E-state index in [0.29, 0.717) is 5.92 Å². The number of para-hydroxylation sites is 2. The molecular formula is C60H43N. The van der Waals surface area contributed by atoms with E-state index in [2.05, 4.69) is 229 Å². The third-order valence-electron chi connectivity index (χ3n) is 13.2. The summed E-state index contributed by atoms with van der Waals surface area (Å²) in [7, 11) is 0. The molecule has 0 fully saturated rings. The van der Waals surface area contributed by atoms with E-state index in [0.717, 1.165) is 12.8 Å². The number of aromatic nitrogens is 1. The fourth-order valence-electron chi connectivity index (χ4n) is 10.1. The molecule has 0 N–H and O–H groups in total. The minimum atomic E-state index is 0.276. The Hall–Kier alpha value is -7.48. The minimum absolute atomic E-state index is 0.276. The lowest BCUT2D eigenvalue weighted by molar-refractivity contribution is 0.670. The van der Waals surface area contributed by atoms with Gasteiger partial charge in [-0.25, -0.2) is 0 Å². The largest absolute Gasteiger partial charge is 0.309 e. The van der Waals surface area contributed by atoms with Crippen LogP contribution in [0.15, 0.2) is 224 Å². The number of benzene rings is 8. The first-order chi connectivity index (χ1) is 30.2. The lowest BCUT2D eigenvalue weighted by Crippen LogP contribution is -2.15. The van der Waals surface area contributed by atoms with Crippen LogP contribution >= 0.6 is 0 Å². The summed E-state index contributed by atoms with van der Waals surface area (Å²) in [4.78, 5) is 0. The number of hydrogen-bond donors (Lipinski definition) is 0. The molecule has 1 heterocycles. The molecule has 0 radical (unpaired) electrons. The molecule has 3 aliphatic rings. The van der Waals surface area contributed by atoms with Gasteiger partial charge < -0.3 is 4.57 Å². The van der Waals surface area contributed by atoms with Gasteiger partial charge >= 0.3 is 0 Å². The molecule has 12 rings (SSSR count). The monoisotopic (exact) mass is 777 g/mol. The van der Waals surface area contributed by atoms with E-state index in [1.165, 1.54) is 105 Å². The molecule has 61 heavy (non-hydrogen) atoms. The molecule has 1 heteroatoms.